The summed E-state index contributed by atoms with van der Waals surface area (Å²) in [7, 11) is 0. The molecule has 0 aromatic rings. The van der Waals surface area contributed by atoms with Gasteiger partial charge in [-0.25, -0.2) is 0 Å². The van der Waals surface area contributed by atoms with E-state index in [9.17, 15) is 15.3 Å². The lowest BCUT2D eigenvalue weighted by molar-refractivity contribution is -0.0889. The summed E-state index contributed by atoms with van der Waals surface area (Å²) < 4.78 is 5.38. The number of ether oxygens (including phenoxy) is 1. The Kier molecular flexibility index (Phi) is 5.49. The van der Waals surface area contributed by atoms with Crippen molar-refractivity contribution < 1.29 is 25.2 Å². The monoisotopic (exact) mass is 220 g/mol. The van der Waals surface area contributed by atoms with Gasteiger partial charge in [0.1, 0.15) is 0 Å². The first-order chi connectivity index (χ1) is 7.13. The van der Waals surface area contributed by atoms with Gasteiger partial charge >= 0.3 is 0 Å². The summed E-state index contributed by atoms with van der Waals surface area (Å²) >= 11 is 0. The minimum Gasteiger partial charge on any atom is -0.396 e. The van der Waals surface area contributed by atoms with E-state index >= 15 is 0 Å². The second-order valence-electron chi connectivity index (χ2n) is 4.07. The summed E-state index contributed by atoms with van der Waals surface area (Å²) in [6.45, 7) is 0.116. The summed E-state index contributed by atoms with van der Waals surface area (Å²) in [6.07, 6.45) is -0.182. The third-order valence-electron chi connectivity index (χ3n) is 2.72. The van der Waals surface area contributed by atoms with Crippen LogP contribution in [0.1, 0.15) is 25.7 Å². The number of aliphatic hydroxyl groups is 4. The normalized spacial score (nSPS) is 34.0. The molecular formula is C10H20O5. The lowest BCUT2D eigenvalue weighted by Gasteiger charge is -2.30. The van der Waals surface area contributed by atoms with Crippen LogP contribution in [0.25, 0.3) is 0 Å². The molecule has 90 valence electrons. The van der Waals surface area contributed by atoms with E-state index in [-0.39, 0.29) is 19.3 Å². The van der Waals surface area contributed by atoms with Crippen molar-refractivity contribution in [1.29, 1.82) is 0 Å². The van der Waals surface area contributed by atoms with E-state index in [1.807, 2.05) is 0 Å². The lowest BCUT2D eigenvalue weighted by Crippen LogP contribution is -2.38. The predicted molar refractivity (Wildman–Crippen MR) is 53.3 cm³/mol. The summed E-state index contributed by atoms with van der Waals surface area (Å²) in [5.74, 6) is 0. The quantitative estimate of drug-likeness (QED) is 0.478. The van der Waals surface area contributed by atoms with Gasteiger partial charge in [0.05, 0.1) is 31.0 Å². The van der Waals surface area contributed by atoms with Crippen LogP contribution in [0.4, 0.5) is 0 Å². The van der Waals surface area contributed by atoms with Crippen molar-refractivity contribution in [1.82, 2.24) is 0 Å². The van der Waals surface area contributed by atoms with Gasteiger partial charge in [0.25, 0.3) is 0 Å². The molecule has 4 N–H and O–H groups in total. The van der Waals surface area contributed by atoms with Crippen molar-refractivity contribution >= 4 is 0 Å². The third-order valence-corrected chi connectivity index (χ3v) is 2.72. The highest BCUT2D eigenvalue weighted by molar-refractivity contribution is 4.79. The summed E-state index contributed by atoms with van der Waals surface area (Å²) in [5.41, 5.74) is 0. The van der Waals surface area contributed by atoms with E-state index in [1.165, 1.54) is 0 Å². The molecule has 15 heavy (non-hydrogen) atoms. The smallest absolute Gasteiger partial charge is 0.0823 e. The standard InChI is InChI=1S/C10H20O5/c11-4-3-7(12)6-15-8-1-2-9(13)10(14)5-8/h7-14H,1-6H2. The average Bonchev–Trinajstić information content (AvgIpc) is 2.20. The van der Waals surface area contributed by atoms with Crippen LogP contribution in [0.15, 0.2) is 0 Å². The lowest BCUT2D eigenvalue weighted by atomic mass is 9.92. The SMILES string of the molecule is OCCC(O)COC1CCC(O)C(O)C1. The maximum absolute atomic E-state index is 9.38. The zero-order valence-corrected chi connectivity index (χ0v) is 8.75. The van der Waals surface area contributed by atoms with Gasteiger partial charge in [0, 0.05) is 13.0 Å². The van der Waals surface area contributed by atoms with Crippen molar-refractivity contribution in [2.24, 2.45) is 0 Å². The molecule has 1 saturated carbocycles. The van der Waals surface area contributed by atoms with Gasteiger partial charge in [-0.1, -0.05) is 0 Å². The van der Waals surface area contributed by atoms with E-state index in [1.54, 1.807) is 0 Å². The van der Waals surface area contributed by atoms with Gasteiger partial charge in [-0.05, 0) is 19.3 Å². The van der Waals surface area contributed by atoms with Crippen molar-refractivity contribution in [3.05, 3.63) is 0 Å². The van der Waals surface area contributed by atoms with Crippen LogP contribution in [0, 0.1) is 0 Å². The van der Waals surface area contributed by atoms with E-state index in [0.29, 0.717) is 25.7 Å². The molecule has 0 aromatic carbocycles. The fourth-order valence-electron chi connectivity index (χ4n) is 1.72. The van der Waals surface area contributed by atoms with Gasteiger partial charge in [-0.2, -0.15) is 0 Å². The predicted octanol–water partition coefficient (Wildman–Crippen LogP) is -0.979. The van der Waals surface area contributed by atoms with Crippen molar-refractivity contribution in [2.75, 3.05) is 13.2 Å². The molecule has 1 fully saturated rings. The molecule has 0 bridgehead atoms. The summed E-state index contributed by atoms with van der Waals surface area (Å²) in [5, 5.41) is 36.5. The van der Waals surface area contributed by atoms with Gasteiger partial charge < -0.3 is 25.2 Å². The third kappa shape index (κ3) is 4.44. The second kappa shape index (κ2) is 6.40. The minimum absolute atomic E-state index is 0.0590. The first-order valence-electron chi connectivity index (χ1n) is 5.40. The molecule has 0 saturated heterocycles. The van der Waals surface area contributed by atoms with Gasteiger partial charge in [-0.15, -0.1) is 0 Å². The highest BCUT2D eigenvalue weighted by Gasteiger charge is 2.28. The van der Waals surface area contributed by atoms with Crippen molar-refractivity contribution in [3.8, 4) is 0 Å². The Bertz CT molecular complexity index is 175. The Labute approximate surface area is 89.3 Å². The molecule has 5 nitrogen and oxygen atoms in total. The molecule has 1 rings (SSSR count). The molecule has 0 radical (unpaired) electrons. The zero-order chi connectivity index (χ0) is 11.3. The number of hydrogen-bond donors (Lipinski definition) is 4. The van der Waals surface area contributed by atoms with Crippen molar-refractivity contribution in [2.45, 2.75) is 50.1 Å². The molecule has 0 amide bonds. The first kappa shape index (κ1) is 12.9. The Morgan fingerprint density at radius 1 is 1.20 bits per heavy atom. The minimum atomic E-state index is -0.723. The number of hydrogen-bond acceptors (Lipinski definition) is 5. The maximum Gasteiger partial charge on any atom is 0.0823 e. The molecule has 4 unspecified atom stereocenters. The van der Waals surface area contributed by atoms with Crippen LogP contribution in [-0.2, 0) is 4.74 Å². The fraction of sp³-hybridized carbons (Fsp3) is 1.00. The Morgan fingerprint density at radius 2 is 1.93 bits per heavy atom. The topological polar surface area (TPSA) is 90.2 Å². The van der Waals surface area contributed by atoms with Crippen LogP contribution in [-0.4, -0.2) is 58.1 Å². The van der Waals surface area contributed by atoms with Crippen LogP contribution in [0.3, 0.4) is 0 Å². The van der Waals surface area contributed by atoms with E-state index < -0.39 is 18.3 Å². The molecule has 1 aliphatic rings. The average molecular weight is 220 g/mol. The molecule has 0 spiro atoms. The molecule has 0 aromatic heterocycles. The Balaban J connectivity index is 2.16. The maximum atomic E-state index is 9.38. The van der Waals surface area contributed by atoms with Gasteiger partial charge in [0.2, 0.25) is 0 Å². The molecule has 0 aliphatic heterocycles. The summed E-state index contributed by atoms with van der Waals surface area (Å²) in [4.78, 5) is 0. The Hall–Kier alpha value is -0.200. The summed E-state index contributed by atoms with van der Waals surface area (Å²) in [6, 6.07) is 0. The van der Waals surface area contributed by atoms with Gasteiger partial charge in [0.15, 0.2) is 0 Å². The van der Waals surface area contributed by atoms with E-state index in [0.717, 1.165) is 0 Å². The van der Waals surface area contributed by atoms with Crippen LogP contribution >= 0.6 is 0 Å². The largest absolute Gasteiger partial charge is 0.396 e. The number of rotatable bonds is 5. The zero-order valence-electron chi connectivity index (χ0n) is 8.75. The molecule has 1 aliphatic carbocycles. The fourth-order valence-corrected chi connectivity index (χ4v) is 1.72. The highest BCUT2D eigenvalue weighted by Crippen LogP contribution is 2.21. The highest BCUT2D eigenvalue weighted by atomic mass is 16.5. The van der Waals surface area contributed by atoms with Crippen LogP contribution in [0.5, 0.6) is 0 Å². The molecule has 4 atom stereocenters. The van der Waals surface area contributed by atoms with Crippen LogP contribution in [0.2, 0.25) is 0 Å². The van der Waals surface area contributed by atoms with Crippen molar-refractivity contribution in [3.63, 3.8) is 0 Å². The molecule has 5 heteroatoms. The number of aliphatic hydroxyl groups excluding tert-OH is 4. The molecular weight excluding hydrogens is 200 g/mol. The van der Waals surface area contributed by atoms with Gasteiger partial charge in [-0.3, -0.25) is 0 Å². The van der Waals surface area contributed by atoms with E-state index in [4.69, 9.17) is 9.84 Å². The first-order valence-corrected chi connectivity index (χ1v) is 5.40. The van der Waals surface area contributed by atoms with Crippen LogP contribution < -0.4 is 0 Å². The van der Waals surface area contributed by atoms with E-state index in [2.05, 4.69) is 0 Å². The molecule has 0 heterocycles. The second-order valence-corrected chi connectivity index (χ2v) is 4.07. The Morgan fingerprint density at radius 3 is 2.53 bits per heavy atom.